The Hall–Kier alpha value is -1.48. The van der Waals surface area contributed by atoms with Crippen LogP contribution in [0.3, 0.4) is 0 Å². The molecule has 0 radical (unpaired) electrons. The molecule has 3 saturated heterocycles. The van der Waals surface area contributed by atoms with Crippen molar-refractivity contribution in [1.29, 1.82) is 0 Å². The van der Waals surface area contributed by atoms with Gasteiger partial charge in [-0.15, -0.1) is 0 Å². The van der Waals surface area contributed by atoms with E-state index in [9.17, 15) is 4.79 Å². The van der Waals surface area contributed by atoms with Crippen LogP contribution in [0.25, 0.3) is 0 Å². The quantitative estimate of drug-likeness (QED) is 0.784. The summed E-state index contributed by atoms with van der Waals surface area (Å²) in [4.78, 5) is 14.7. The van der Waals surface area contributed by atoms with Gasteiger partial charge in [-0.2, -0.15) is 5.10 Å². The molecular formula is C18H27N3O5. The van der Waals surface area contributed by atoms with Crippen molar-refractivity contribution < 1.29 is 23.7 Å². The number of likely N-dealkylation sites (tertiary alicyclic amines) is 1. The zero-order valence-corrected chi connectivity index (χ0v) is 15.3. The molecule has 3 aliphatic rings. The highest BCUT2D eigenvalue weighted by Crippen LogP contribution is 2.31. The topological polar surface area (TPSA) is 75.1 Å². The molecule has 8 heteroatoms. The van der Waals surface area contributed by atoms with Crippen LogP contribution in [0.15, 0.2) is 6.20 Å². The van der Waals surface area contributed by atoms with Gasteiger partial charge in [0, 0.05) is 25.3 Å². The molecule has 3 aliphatic heterocycles. The van der Waals surface area contributed by atoms with Gasteiger partial charge in [0.15, 0.2) is 12.1 Å². The second-order valence-electron chi connectivity index (χ2n) is 7.12. The monoisotopic (exact) mass is 365 g/mol. The van der Waals surface area contributed by atoms with Gasteiger partial charge in [0.05, 0.1) is 44.7 Å². The minimum Gasteiger partial charge on any atom is -0.353 e. The lowest BCUT2D eigenvalue weighted by Crippen LogP contribution is -2.37. The molecule has 144 valence electrons. The van der Waals surface area contributed by atoms with Crippen molar-refractivity contribution in [2.75, 3.05) is 39.5 Å². The lowest BCUT2D eigenvalue weighted by atomic mass is 10.2. The van der Waals surface area contributed by atoms with E-state index in [4.69, 9.17) is 18.9 Å². The average Bonchev–Trinajstić information content (AvgIpc) is 3.38. The van der Waals surface area contributed by atoms with Crippen LogP contribution in [-0.2, 0) is 25.5 Å². The molecule has 1 aromatic heterocycles. The van der Waals surface area contributed by atoms with Crippen LogP contribution in [0.2, 0.25) is 0 Å². The maximum Gasteiger partial charge on any atom is 0.257 e. The second-order valence-corrected chi connectivity index (χ2v) is 7.12. The van der Waals surface area contributed by atoms with Gasteiger partial charge in [-0.1, -0.05) is 0 Å². The van der Waals surface area contributed by atoms with E-state index >= 15 is 0 Å². The Labute approximate surface area is 153 Å². The molecule has 0 bridgehead atoms. The number of aromatic nitrogens is 2. The zero-order valence-electron chi connectivity index (χ0n) is 15.3. The molecule has 4 rings (SSSR count). The summed E-state index contributed by atoms with van der Waals surface area (Å²) in [6.07, 6.45) is 5.47. The van der Waals surface area contributed by atoms with Crippen LogP contribution in [0, 0.1) is 6.92 Å². The van der Waals surface area contributed by atoms with Crippen molar-refractivity contribution >= 4 is 5.91 Å². The fraction of sp³-hybridized carbons (Fsp3) is 0.778. The van der Waals surface area contributed by atoms with Crippen LogP contribution in [0.1, 0.15) is 41.7 Å². The summed E-state index contributed by atoms with van der Waals surface area (Å²) in [6.45, 7) is 6.16. The third-order valence-electron chi connectivity index (χ3n) is 5.37. The summed E-state index contributed by atoms with van der Waals surface area (Å²) in [5.74, 6) is -0.603. The van der Waals surface area contributed by atoms with Crippen molar-refractivity contribution in [3.8, 4) is 0 Å². The minimum atomic E-state index is -0.590. The predicted molar refractivity (Wildman–Crippen MR) is 91.7 cm³/mol. The Bertz CT molecular complexity index is 635. The van der Waals surface area contributed by atoms with Gasteiger partial charge in [-0.3, -0.25) is 9.48 Å². The highest BCUT2D eigenvalue weighted by atomic mass is 16.7. The van der Waals surface area contributed by atoms with Crippen molar-refractivity contribution in [3.05, 3.63) is 17.5 Å². The third kappa shape index (κ3) is 3.64. The van der Waals surface area contributed by atoms with E-state index in [1.165, 1.54) is 0 Å². The first-order chi connectivity index (χ1) is 12.7. The molecule has 1 atom stereocenters. The first-order valence-electron chi connectivity index (χ1n) is 9.50. The number of carbonyl (C=O) groups excluding carboxylic acids is 1. The molecule has 1 unspecified atom stereocenters. The predicted octanol–water partition coefficient (Wildman–Crippen LogP) is 1.32. The number of hydrogen-bond acceptors (Lipinski definition) is 6. The van der Waals surface area contributed by atoms with E-state index in [1.807, 2.05) is 11.6 Å². The van der Waals surface area contributed by atoms with E-state index in [2.05, 4.69) is 5.10 Å². The number of nitrogens with zero attached hydrogens (tertiary/aromatic N) is 3. The number of hydrogen-bond donors (Lipinski definition) is 0. The van der Waals surface area contributed by atoms with Crippen molar-refractivity contribution in [2.45, 2.75) is 51.2 Å². The average molecular weight is 365 g/mol. The van der Waals surface area contributed by atoms with Gasteiger partial charge >= 0.3 is 0 Å². The molecule has 0 aliphatic carbocycles. The normalized spacial score (nSPS) is 25.3. The molecule has 1 amide bonds. The fourth-order valence-electron chi connectivity index (χ4n) is 3.83. The summed E-state index contributed by atoms with van der Waals surface area (Å²) < 4.78 is 24.6. The largest absolute Gasteiger partial charge is 0.353 e. The van der Waals surface area contributed by atoms with E-state index in [0.29, 0.717) is 45.0 Å². The molecular weight excluding hydrogens is 338 g/mol. The summed E-state index contributed by atoms with van der Waals surface area (Å²) in [5, 5.41) is 4.37. The van der Waals surface area contributed by atoms with Crippen molar-refractivity contribution in [3.63, 3.8) is 0 Å². The maximum absolute atomic E-state index is 12.9. The van der Waals surface area contributed by atoms with Gasteiger partial charge in [0.1, 0.15) is 0 Å². The molecule has 0 N–H and O–H groups in total. The number of carbonyl (C=O) groups is 1. The Balaban J connectivity index is 1.32. The lowest BCUT2D eigenvalue weighted by Gasteiger charge is -2.23. The van der Waals surface area contributed by atoms with Gasteiger partial charge < -0.3 is 23.8 Å². The maximum atomic E-state index is 12.9. The highest BCUT2D eigenvalue weighted by molar-refractivity contribution is 5.95. The van der Waals surface area contributed by atoms with Gasteiger partial charge in [0.25, 0.3) is 5.91 Å². The molecule has 0 saturated carbocycles. The van der Waals surface area contributed by atoms with Crippen LogP contribution in [0.5, 0.6) is 0 Å². The van der Waals surface area contributed by atoms with Crippen LogP contribution < -0.4 is 0 Å². The number of amides is 1. The zero-order chi connectivity index (χ0) is 18.0. The summed E-state index contributed by atoms with van der Waals surface area (Å²) in [5.41, 5.74) is 1.49. The highest BCUT2D eigenvalue weighted by Gasteiger charge is 2.45. The number of rotatable bonds is 5. The van der Waals surface area contributed by atoms with Gasteiger partial charge in [-0.05, 0) is 26.2 Å². The van der Waals surface area contributed by atoms with Gasteiger partial charge in [-0.25, -0.2) is 0 Å². The molecule has 26 heavy (non-hydrogen) atoms. The summed E-state index contributed by atoms with van der Waals surface area (Å²) >= 11 is 0. The fourth-order valence-corrected chi connectivity index (χ4v) is 3.83. The van der Waals surface area contributed by atoms with E-state index < -0.39 is 5.79 Å². The van der Waals surface area contributed by atoms with E-state index in [1.54, 1.807) is 11.1 Å². The Morgan fingerprint density at radius 1 is 1.35 bits per heavy atom. The second kappa shape index (κ2) is 7.64. The first-order valence-corrected chi connectivity index (χ1v) is 9.50. The SMILES string of the molecule is Cc1c(C(=O)N2CCC3(C2)OCCO3)cnn1CCOC1CCCCO1. The van der Waals surface area contributed by atoms with E-state index in [0.717, 1.165) is 38.0 Å². The summed E-state index contributed by atoms with van der Waals surface area (Å²) in [6, 6.07) is 0. The lowest BCUT2D eigenvalue weighted by molar-refractivity contribution is -0.163. The van der Waals surface area contributed by atoms with Crippen LogP contribution >= 0.6 is 0 Å². The molecule has 4 heterocycles. The summed E-state index contributed by atoms with van der Waals surface area (Å²) in [7, 11) is 0. The smallest absolute Gasteiger partial charge is 0.257 e. The molecule has 0 aromatic carbocycles. The Morgan fingerprint density at radius 3 is 2.96 bits per heavy atom. The van der Waals surface area contributed by atoms with Crippen LogP contribution in [-0.4, -0.2) is 72.2 Å². The Kier molecular flexibility index (Phi) is 5.26. The van der Waals surface area contributed by atoms with E-state index in [-0.39, 0.29) is 12.2 Å². The van der Waals surface area contributed by atoms with Crippen molar-refractivity contribution in [1.82, 2.24) is 14.7 Å². The third-order valence-corrected chi connectivity index (χ3v) is 5.37. The van der Waals surface area contributed by atoms with Crippen molar-refractivity contribution in [2.24, 2.45) is 0 Å². The van der Waals surface area contributed by atoms with Crippen LogP contribution in [0.4, 0.5) is 0 Å². The standard InChI is InChI=1S/C18H27N3O5/c1-14-15(17(22)20-6-5-18(13-20)25-10-11-26-18)12-19-21(14)7-9-24-16-4-2-3-8-23-16/h12,16H,2-11,13H2,1H3. The molecule has 1 aromatic rings. The molecule has 1 spiro atoms. The van der Waals surface area contributed by atoms with Gasteiger partial charge in [0.2, 0.25) is 0 Å². The number of ether oxygens (including phenoxy) is 4. The Morgan fingerprint density at radius 2 is 2.19 bits per heavy atom. The molecule has 3 fully saturated rings. The molecule has 8 nitrogen and oxygen atoms in total. The minimum absolute atomic E-state index is 0.0127. The first kappa shape index (κ1) is 17.9.